The molecule has 2 aromatic rings. The summed E-state index contributed by atoms with van der Waals surface area (Å²) in [7, 11) is 0. The van der Waals surface area contributed by atoms with Gasteiger partial charge in [-0.1, -0.05) is 48.3 Å². The number of halogens is 3. The minimum atomic E-state index is -0.661. The summed E-state index contributed by atoms with van der Waals surface area (Å²) in [4.78, 5) is 27.2. The lowest BCUT2D eigenvalue weighted by molar-refractivity contribution is -0.138. The zero-order valence-corrected chi connectivity index (χ0v) is 20.2. The number of carbonyl (C=O) groups excluding carboxylic acids is 2. The molecule has 0 aliphatic rings. The Morgan fingerprint density at radius 3 is 2.42 bits per heavy atom. The molecular weight excluding hydrogens is 458 g/mol. The Balaban J connectivity index is 2.08. The van der Waals surface area contributed by atoms with E-state index in [9.17, 15) is 14.0 Å². The van der Waals surface area contributed by atoms with E-state index in [-0.39, 0.29) is 36.0 Å². The van der Waals surface area contributed by atoms with Crippen molar-refractivity contribution in [1.29, 1.82) is 0 Å². The second kappa shape index (κ2) is 12.3. The van der Waals surface area contributed by atoms with Crippen LogP contribution in [0.15, 0.2) is 42.5 Å². The number of thioether (sulfide) groups is 1. The Hall–Kier alpha value is -1.76. The van der Waals surface area contributed by atoms with Gasteiger partial charge in [0.15, 0.2) is 0 Å². The van der Waals surface area contributed by atoms with Gasteiger partial charge >= 0.3 is 0 Å². The van der Waals surface area contributed by atoms with Crippen LogP contribution in [0.25, 0.3) is 0 Å². The second-order valence-corrected chi connectivity index (χ2v) is 9.20. The summed E-state index contributed by atoms with van der Waals surface area (Å²) < 4.78 is 13.3. The van der Waals surface area contributed by atoms with Crippen molar-refractivity contribution in [2.75, 3.05) is 5.75 Å². The van der Waals surface area contributed by atoms with Crippen LogP contribution in [0.5, 0.6) is 0 Å². The average Bonchev–Trinajstić information content (AvgIpc) is 2.74. The molecule has 2 atom stereocenters. The lowest BCUT2D eigenvalue weighted by atomic mass is 10.1. The van der Waals surface area contributed by atoms with E-state index < -0.39 is 6.04 Å². The SMILES string of the molecule is CC[C@@H](C)NC(=O)[C@H](C)N(Cc1ccc(F)cc1)C(=O)CSCc1ccc(Cl)cc1Cl. The summed E-state index contributed by atoms with van der Waals surface area (Å²) in [5.74, 6) is -0.0120. The fourth-order valence-corrected chi connectivity index (χ4v) is 4.27. The van der Waals surface area contributed by atoms with Crippen LogP contribution in [0, 0.1) is 5.82 Å². The number of hydrogen-bond acceptors (Lipinski definition) is 3. The van der Waals surface area contributed by atoms with Gasteiger partial charge in [0, 0.05) is 28.4 Å². The van der Waals surface area contributed by atoms with Crippen molar-refractivity contribution in [3.63, 3.8) is 0 Å². The first-order valence-electron chi connectivity index (χ1n) is 10.1. The molecule has 0 bridgehead atoms. The van der Waals surface area contributed by atoms with E-state index in [0.717, 1.165) is 17.5 Å². The number of benzene rings is 2. The fraction of sp³-hybridized carbons (Fsp3) is 0.391. The summed E-state index contributed by atoms with van der Waals surface area (Å²) in [5.41, 5.74) is 1.64. The van der Waals surface area contributed by atoms with E-state index >= 15 is 0 Å². The molecule has 0 aromatic heterocycles. The lowest BCUT2D eigenvalue weighted by Crippen LogP contribution is -2.50. The van der Waals surface area contributed by atoms with E-state index in [1.165, 1.54) is 28.8 Å². The molecule has 4 nitrogen and oxygen atoms in total. The van der Waals surface area contributed by atoms with Gasteiger partial charge in [0.2, 0.25) is 11.8 Å². The van der Waals surface area contributed by atoms with Crippen molar-refractivity contribution in [2.24, 2.45) is 0 Å². The molecular formula is C23H27Cl2FN2O2S. The van der Waals surface area contributed by atoms with Crippen molar-refractivity contribution >= 4 is 46.8 Å². The summed E-state index contributed by atoms with van der Waals surface area (Å²) in [6.07, 6.45) is 0.794. The summed E-state index contributed by atoms with van der Waals surface area (Å²) >= 11 is 13.5. The molecule has 0 heterocycles. The van der Waals surface area contributed by atoms with Gasteiger partial charge < -0.3 is 10.2 Å². The normalized spacial score (nSPS) is 12.8. The molecule has 0 spiro atoms. The number of hydrogen-bond donors (Lipinski definition) is 1. The van der Waals surface area contributed by atoms with Gasteiger partial charge in [0.05, 0.1) is 5.75 Å². The Labute approximate surface area is 197 Å². The molecule has 2 aromatic carbocycles. The highest BCUT2D eigenvalue weighted by Gasteiger charge is 2.26. The standard InChI is InChI=1S/C23H27Cl2FN2O2S/c1-4-15(2)27-23(30)16(3)28(12-17-5-9-20(26)10-6-17)22(29)14-31-13-18-7-8-19(24)11-21(18)25/h5-11,15-16H,4,12-14H2,1-3H3,(H,27,30)/t15-,16+/m1/s1. The largest absolute Gasteiger partial charge is 0.352 e. The number of amides is 2. The minimum Gasteiger partial charge on any atom is -0.352 e. The number of nitrogens with zero attached hydrogens (tertiary/aromatic N) is 1. The molecule has 0 unspecified atom stereocenters. The van der Waals surface area contributed by atoms with E-state index in [1.807, 2.05) is 19.9 Å². The van der Waals surface area contributed by atoms with Crippen LogP contribution < -0.4 is 5.32 Å². The number of carbonyl (C=O) groups is 2. The van der Waals surface area contributed by atoms with Gasteiger partial charge in [-0.2, -0.15) is 0 Å². The Morgan fingerprint density at radius 2 is 1.81 bits per heavy atom. The molecule has 0 aliphatic carbocycles. The predicted molar refractivity (Wildman–Crippen MR) is 127 cm³/mol. The van der Waals surface area contributed by atoms with Gasteiger partial charge in [-0.25, -0.2) is 4.39 Å². The quantitative estimate of drug-likeness (QED) is 0.470. The lowest BCUT2D eigenvalue weighted by Gasteiger charge is -2.29. The maximum atomic E-state index is 13.3. The van der Waals surface area contributed by atoms with Crippen LogP contribution in [-0.4, -0.2) is 34.6 Å². The van der Waals surface area contributed by atoms with E-state index in [0.29, 0.717) is 15.8 Å². The van der Waals surface area contributed by atoms with Crippen molar-refractivity contribution in [2.45, 2.75) is 51.6 Å². The third-order valence-corrected chi connectivity index (χ3v) is 6.49. The smallest absolute Gasteiger partial charge is 0.242 e. The highest BCUT2D eigenvalue weighted by Crippen LogP contribution is 2.25. The molecule has 0 saturated carbocycles. The second-order valence-electron chi connectivity index (χ2n) is 7.37. The molecule has 0 aliphatic heterocycles. The van der Waals surface area contributed by atoms with E-state index in [1.54, 1.807) is 31.2 Å². The zero-order chi connectivity index (χ0) is 23.0. The highest BCUT2D eigenvalue weighted by molar-refractivity contribution is 7.99. The third kappa shape index (κ3) is 8.02. The fourth-order valence-electron chi connectivity index (χ4n) is 2.80. The van der Waals surface area contributed by atoms with Crippen molar-refractivity contribution in [1.82, 2.24) is 10.2 Å². The van der Waals surface area contributed by atoms with Gasteiger partial charge in [0.25, 0.3) is 0 Å². The van der Waals surface area contributed by atoms with Crippen molar-refractivity contribution in [3.8, 4) is 0 Å². The Kier molecular flexibility index (Phi) is 10.1. The van der Waals surface area contributed by atoms with Gasteiger partial charge in [-0.3, -0.25) is 9.59 Å². The van der Waals surface area contributed by atoms with Crippen LogP contribution >= 0.6 is 35.0 Å². The Bertz CT molecular complexity index is 896. The van der Waals surface area contributed by atoms with Gasteiger partial charge in [0.1, 0.15) is 11.9 Å². The molecule has 168 valence electrons. The third-order valence-electron chi connectivity index (χ3n) is 4.93. The van der Waals surface area contributed by atoms with Crippen molar-refractivity contribution in [3.05, 3.63) is 69.5 Å². The first-order valence-corrected chi connectivity index (χ1v) is 12.0. The first-order chi connectivity index (χ1) is 14.7. The van der Waals surface area contributed by atoms with Gasteiger partial charge in [-0.15, -0.1) is 11.8 Å². The molecule has 2 rings (SSSR count). The Morgan fingerprint density at radius 1 is 1.13 bits per heavy atom. The maximum Gasteiger partial charge on any atom is 0.242 e. The predicted octanol–water partition coefficient (Wildman–Crippen LogP) is 5.70. The van der Waals surface area contributed by atoms with Crippen LogP contribution in [-0.2, 0) is 21.9 Å². The molecule has 0 fully saturated rings. The molecule has 0 saturated heterocycles. The van der Waals surface area contributed by atoms with Crippen LogP contribution in [0.1, 0.15) is 38.3 Å². The zero-order valence-electron chi connectivity index (χ0n) is 17.8. The van der Waals surface area contributed by atoms with Gasteiger partial charge in [-0.05, 0) is 55.7 Å². The van der Waals surface area contributed by atoms with Crippen LogP contribution in [0.3, 0.4) is 0 Å². The summed E-state index contributed by atoms with van der Waals surface area (Å²) in [6.45, 7) is 5.83. The highest BCUT2D eigenvalue weighted by atomic mass is 35.5. The van der Waals surface area contributed by atoms with E-state index in [4.69, 9.17) is 23.2 Å². The van der Waals surface area contributed by atoms with Crippen molar-refractivity contribution < 1.29 is 14.0 Å². The topological polar surface area (TPSA) is 49.4 Å². The van der Waals surface area contributed by atoms with Crippen LogP contribution in [0.4, 0.5) is 4.39 Å². The number of rotatable bonds is 10. The summed E-state index contributed by atoms with van der Waals surface area (Å²) in [6, 6.07) is 10.5. The molecule has 0 radical (unpaired) electrons. The number of nitrogens with one attached hydrogen (secondary N) is 1. The maximum absolute atomic E-state index is 13.3. The first kappa shape index (κ1) is 25.5. The summed E-state index contributed by atoms with van der Waals surface area (Å²) in [5, 5.41) is 4.03. The average molecular weight is 485 g/mol. The molecule has 31 heavy (non-hydrogen) atoms. The monoisotopic (exact) mass is 484 g/mol. The molecule has 2 amide bonds. The molecule has 8 heteroatoms. The van der Waals surface area contributed by atoms with Crippen LogP contribution in [0.2, 0.25) is 10.0 Å². The van der Waals surface area contributed by atoms with E-state index in [2.05, 4.69) is 5.32 Å². The minimum absolute atomic E-state index is 0.0131. The molecule has 1 N–H and O–H groups in total.